The molecule has 0 aromatic heterocycles. The maximum atomic E-state index is 11.9. The minimum absolute atomic E-state index is 0.00488. The number of hydrogen-bond donors (Lipinski definition) is 1. The SMILES string of the molecule is O=C(O)c1ccc(COC(=O)c2ccc(CO[N+](=O)[O-])cc2)cc1. The molecular formula is C16H13NO7. The van der Waals surface area contributed by atoms with Crippen molar-refractivity contribution < 1.29 is 29.4 Å². The molecule has 24 heavy (non-hydrogen) atoms. The van der Waals surface area contributed by atoms with Gasteiger partial charge in [0.25, 0.3) is 5.09 Å². The molecule has 0 amide bonds. The van der Waals surface area contributed by atoms with Crippen LogP contribution in [0.15, 0.2) is 48.5 Å². The van der Waals surface area contributed by atoms with Gasteiger partial charge in [-0.2, -0.15) is 0 Å². The number of nitrogens with zero attached hydrogens (tertiary/aromatic N) is 1. The Kier molecular flexibility index (Phi) is 5.45. The summed E-state index contributed by atoms with van der Waals surface area (Å²) in [6.45, 7) is -0.191. The molecule has 8 heteroatoms. The van der Waals surface area contributed by atoms with E-state index in [1.54, 1.807) is 12.1 Å². The minimum Gasteiger partial charge on any atom is -0.478 e. The first kappa shape index (κ1) is 16.9. The van der Waals surface area contributed by atoms with E-state index in [4.69, 9.17) is 9.84 Å². The summed E-state index contributed by atoms with van der Waals surface area (Å²) in [6, 6.07) is 12.0. The molecular weight excluding hydrogens is 318 g/mol. The number of carbonyl (C=O) groups excluding carboxylic acids is 1. The molecule has 0 radical (unpaired) electrons. The number of ether oxygens (including phenoxy) is 1. The van der Waals surface area contributed by atoms with E-state index in [9.17, 15) is 19.7 Å². The van der Waals surface area contributed by atoms with Crippen molar-refractivity contribution in [1.82, 2.24) is 0 Å². The van der Waals surface area contributed by atoms with Gasteiger partial charge in [0.1, 0.15) is 13.2 Å². The summed E-state index contributed by atoms with van der Waals surface area (Å²) in [7, 11) is 0. The Balaban J connectivity index is 1.90. The largest absolute Gasteiger partial charge is 0.478 e. The van der Waals surface area contributed by atoms with Crippen LogP contribution >= 0.6 is 0 Å². The number of carboxylic acids is 1. The van der Waals surface area contributed by atoms with Gasteiger partial charge in [-0.3, -0.25) is 0 Å². The first-order valence-electron chi connectivity index (χ1n) is 6.81. The molecule has 0 heterocycles. The van der Waals surface area contributed by atoms with E-state index in [1.807, 2.05) is 0 Å². The first-order chi connectivity index (χ1) is 11.5. The molecule has 0 aliphatic rings. The van der Waals surface area contributed by atoms with Crippen molar-refractivity contribution in [3.63, 3.8) is 0 Å². The van der Waals surface area contributed by atoms with E-state index in [-0.39, 0.29) is 18.8 Å². The van der Waals surface area contributed by atoms with Crippen LogP contribution in [0.25, 0.3) is 0 Å². The van der Waals surface area contributed by atoms with E-state index < -0.39 is 17.0 Å². The van der Waals surface area contributed by atoms with Gasteiger partial charge in [0.15, 0.2) is 0 Å². The quantitative estimate of drug-likeness (QED) is 0.470. The highest BCUT2D eigenvalue weighted by atomic mass is 16.9. The van der Waals surface area contributed by atoms with Gasteiger partial charge in [-0.15, -0.1) is 10.1 Å². The third-order valence-electron chi connectivity index (χ3n) is 3.10. The van der Waals surface area contributed by atoms with Crippen LogP contribution < -0.4 is 0 Å². The number of carbonyl (C=O) groups is 2. The maximum absolute atomic E-state index is 11.9. The fourth-order valence-corrected chi connectivity index (χ4v) is 1.84. The van der Waals surface area contributed by atoms with Crippen molar-refractivity contribution in [1.29, 1.82) is 0 Å². The molecule has 0 aliphatic carbocycles. The summed E-state index contributed by atoms with van der Waals surface area (Å²) >= 11 is 0. The lowest BCUT2D eigenvalue weighted by atomic mass is 10.1. The van der Waals surface area contributed by atoms with Crippen LogP contribution in [0.5, 0.6) is 0 Å². The molecule has 1 N–H and O–H groups in total. The Labute approximate surface area is 136 Å². The lowest BCUT2D eigenvalue weighted by Gasteiger charge is -2.06. The molecule has 2 aromatic rings. The van der Waals surface area contributed by atoms with E-state index in [0.29, 0.717) is 16.7 Å². The van der Waals surface area contributed by atoms with Gasteiger partial charge in [-0.05, 0) is 35.4 Å². The average Bonchev–Trinajstić information content (AvgIpc) is 2.58. The fraction of sp³-hybridized carbons (Fsp3) is 0.125. The van der Waals surface area contributed by atoms with Crippen molar-refractivity contribution in [3.8, 4) is 0 Å². The predicted octanol–water partition coefficient (Wildman–Crippen LogP) is 2.45. The molecule has 124 valence electrons. The Bertz CT molecular complexity index is 738. The summed E-state index contributed by atoms with van der Waals surface area (Å²) in [5.41, 5.74) is 1.65. The molecule has 0 saturated carbocycles. The zero-order valence-corrected chi connectivity index (χ0v) is 12.4. The van der Waals surface area contributed by atoms with E-state index >= 15 is 0 Å². The van der Waals surface area contributed by atoms with Gasteiger partial charge in [-0.25, -0.2) is 9.59 Å². The monoisotopic (exact) mass is 331 g/mol. The second-order valence-electron chi connectivity index (χ2n) is 4.77. The maximum Gasteiger partial charge on any atom is 0.338 e. The Hall–Kier alpha value is -3.42. The molecule has 0 aliphatic heterocycles. The van der Waals surface area contributed by atoms with Crippen molar-refractivity contribution >= 4 is 11.9 Å². The molecule has 0 fully saturated rings. The number of aromatic carboxylic acids is 1. The Morgan fingerprint density at radius 3 is 1.92 bits per heavy atom. The molecule has 0 unspecified atom stereocenters. The van der Waals surface area contributed by atoms with Crippen LogP contribution in [-0.4, -0.2) is 22.1 Å². The van der Waals surface area contributed by atoms with E-state index in [0.717, 1.165) is 0 Å². The standard InChI is InChI=1S/C16H13NO7/c18-15(19)13-5-1-11(2-6-13)9-23-16(20)14-7-3-12(4-8-14)10-24-17(21)22/h1-8H,9-10H2,(H,18,19). The van der Waals surface area contributed by atoms with Gasteiger partial charge >= 0.3 is 11.9 Å². The van der Waals surface area contributed by atoms with Crippen LogP contribution in [0.3, 0.4) is 0 Å². The third kappa shape index (κ3) is 4.80. The fourth-order valence-electron chi connectivity index (χ4n) is 1.84. The van der Waals surface area contributed by atoms with Crippen LogP contribution in [0.4, 0.5) is 0 Å². The summed E-state index contributed by atoms with van der Waals surface area (Å²) in [6.07, 6.45) is 0. The minimum atomic E-state index is -1.03. The topological polar surface area (TPSA) is 116 Å². The number of benzene rings is 2. The van der Waals surface area contributed by atoms with Gasteiger partial charge < -0.3 is 14.7 Å². The van der Waals surface area contributed by atoms with Crippen LogP contribution in [0, 0.1) is 10.1 Å². The van der Waals surface area contributed by atoms with Gasteiger partial charge in [0, 0.05) is 0 Å². The highest BCUT2D eigenvalue weighted by Crippen LogP contribution is 2.10. The summed E-state index contributed by atoms with van der Waals surface area (Å²) in [5, 5.41) is 18.0. The number of carboxylic acid groups (broad SMARTS) is 1. The zero-order valence-electron chi connectivity index (χ0n) is 12.4. The smallest absolute Gasteiger partial charge is 0.338 e. The molecule has 8 nitrogen and oxygen atoms in total. The second kappa shape index (κ2) is 7.73. The second-order valence-corrected chi connectivity index (χ2v) is 4.77. The van der Waals surface area contributed by atoms with Crippen LogP contribution in [0.1, 0.15) is 31.8 Å². The van der Waals surface area contributed by atoms with Gasteiger partial charge in [-0.1, -0.05) is 24.3 Å². The van der Waals surface area contributed by atoms with Crippen LogP contribution in [0.2, 0.25) is 0 Å². The molecule has 0 spiro atoms. The number of rotatable bonds is 7. The van der Waals surface area contributed by atoms with Crippen molar-refractivity contribution in [2.24, 2.45) is 0 Å². The normalized spacial score (nSPS) is 10.0. The zero-order chi connectivity index (χ0) is 17.5. The highest BCUT2D eigenvalue weighted by molar-refractivity contribution is 5.89. The summed E-state index contributed by atoms with van der Waals surface area (Å²) in [5.74, 6) is -1.58. The molecule has 2 aromatic carbocycles. The number of hydrogen-bond acceptors (Lipinski definition) is 6. The van der Waals surface area contributed by atoms with E-state index in [2.05, 4.69) is 4.84 Å². The van der Waals surface area contributed by atoms with Crippen LogP contribution in [-0.2, 0) is 22.8 Å². The van der Waals surface area contributed by atoms with E-state index in [1.165, 1.54) is 36.4 Å². The third-order valence-corrected chi connectivity index (χ3v) is 3.10. The molecule has 0 saturated heterocycles. The van der Waals surface area contributed by atoms with Crippen molar-refractivity contribution in [3.05, 3.63) is 80.9 Å². The molecule has 2 rings (SSSR count). The average molecular weight is 331 g/mol. The Morgan fingerprint density at radius 2 is 1.42 bits per heavy atom. The lowest BCUT2D eigenvalue weighted by Crippen LogP contribution is -2.06. The molecule has 0 bridgehead atoms. The predicted molar refractivity (Wildman–Crippen MR) is 80.7 cm³/mol. The van der Waals surface area contributed by atoms with Crippen molar-refractivity contribution in [2.45, 2.75) is 13.2 Å². The van der Waals surface area contributed by atoms with Gasteiger partial charge in [0.2, 0.25) is 0 Å². The summed E-state index contributed by atoms with van der Waals surface area (Å²) < 4.78 is 5.13. The number of esters is 1. The highest BCUT2D eigenvalue weighted by Gasteiger charge is 2.08. The van der Waals surface area contributed by atoms with Gasteiger partial charge in [0.05, 0.1) is 11.1 Å². The van der Waals surface area contributed by atoms with Crippen molar-refractivity contribution in [2.75, 3.05) is 0 Å². The lowest BCUT2D eigenvalue weighted by molar-refractivity contribution is -0.763. The first-order valence-corrected chi connectivity index (χ1v) is 6.81. The molecule has 0 atom stereocenters. The Morgan fingerprint density at radius 1 is 0.917 bits per heavy atom. The summed E-state index contributed by atoms with van der Waals surface area (Å²) in [4.78, 5) is 37.0.